The molecule has 0 aromatic carbocycles. The van der Waals surface area contributed by atoms with Crippen molar-refractivity contribution in [2.75, 3.05) is 0 Å². The van der Waals surface area contributed by atoms with E-state index in [2.05, 4.69) is 30.9 Å². The molecule has 0 aliphatic carbocycles. The third-order valence-electron chi connectivity index (χ3n) is 4.48. The van der Waals surface area contributed by atoms with Gasteiger partial charge in [-0.15, -0.1) is 22.0 Å². The van der Waals surface area contributed by atoms with E-state index in [1.165, 1.54) is 0 Å². The second-order valence-corrected chi connectivity index (χ2v) is 8.38. The lowest BCUT2D eigenvalue weighted by atomic mass is 9.95. The number of carbonyl (C=O) groups is 2. The molecule has 2 N–H and O–H groups in total. The van der Waals surface area contributed by atoms with E-state index in [1.807, 2.05) is 13.8 Å². The third kappa shape index (κ3) is 2.66. The van der Waals surface area contributed by atoms with Crippen LogP contribution < -0.4 is 5.32 Å². The van der Waals surface area contributed by atoms with Gasteiger partial charge in [-0.2, -0.15) is 5.21 Å². The molecular weight excluding hydrogens is 342 g/mol. The number of carbonyl (C=O) groups excluding carboxylic acids is 2. The fourth-order valence-electron chi connectivity index (χ4n) is 3.36. The Labute approximate surface area is 148 Å². The largest absolute Gasteiger partial charge is 0.341 e. The molecule has 2 fully saturated rings. The van der Waals surface area contributed by atoms with Crippen LogP contribution in [0.2, 0.25) is 0 Å². The number of hydrogen-bond acceptors (Lipinski definition) is 7. The Balaban J connectivity index is 1.46. The summed E-state index contributed by atoms with van der Waals surface area (Å²) in [5, 5.41) is 16.9. The molecule has 2 aromatic heterocycles. The molecule has 10 heteroatoms. The maximum absolute atomic E-state index is 12.6. The Morgan fingerprint density at radius 1 is 1.40 bits per heavy atom. The number of nitrogens with one attached hydrogen (secondary N) is 2. The van der Waals surface area contributed by atoms with E-state index in [0.29, 0.717) is 5.82 Å². The van der Waals surface area contributed by atoms with Gasteiger partial charge in [-0.05, 0) is 31.5 Å². The molecule has 0 saturated carbocycles. The standard InChI is InChI=1S/C15H17N7O2S/c1-15(2)11(12-18-20-21-19-12)22-13(24)10(14(22)25-15)17-9(23)7-8-3-5-16-6-4-8/h3-6,10-11,14H,7H2,1-2H3,(H,17,23)(H,18,19,20,21). The van der Waals surface area contributed by atoms with Gasteiger partial charge in [-0.1, -0.05) is 5.21 Å². The number of thioether (sulfide) groups is 1. The van der Waals surface area contributed by atoms with Crippen LogP contribution in [0.25, 0.3) is 0 Å². The fraction of sp³-hybridized carbons (Fsp3) is 0.467. The van der Waals surface area contributed by atoms with Crippen LogP contribution in [-0.2, 0) is 16.0 Å². The molecule has 4 rings (SSSR count). The number of hydrogen-bond donors (Lipinski definition) is 2. The van der Waals surface area contributed by atoms with Gasteiger partial charge in [0.05, 0.1) is 6.42 Å². The van der Waals surface area contributed by atoms with E-state index in [1.54, 1.807) is 41.2 Å². The number of pyridine rings is 1. The van der Waals surface area contributed by atoms with E-state index in [9.17, 15) is 9.59 Å². The van der Waals surface area contributed by atoms with Gasteiger partial charge in [0.1, 0.15) is 17.5 Å². The number of β-lactam (4-membered cyclic amide) rings is 1. The summed E-state index contributed by atoms with van der Waals surface area (Å²) in [7, 11) is 0. The topological polar surface area (TPSA) is 117 Å². The molecule has 0 radical (unpaired) electrons. The van der Waals surface area contributed by atoms with Crippen LogP contribution in [-0.4, -0.2) is 58.5 Å². The minimum atomic E-state index is -0.518. The Morgan fingerprint density at radius 3 is 2.84 bits per heavy atom. The number of tetrazole rings is 1. The van der Waals surface area contributed by atoms with Crippen molar-refractivity contribution in [1.29, 1.82) is 0 Å². The summed E-state index contributed by atoms with van der Waals surface area (Å²) >= 11 is 1.64. The molecule has 2 aliphatic rings. The zero-order valence-corrected chi connectivity index (χ0v) is 14.5. The average Bonchev–Trinajstić information content (AvgIpc) is 3.18. The molecule has 0 spiro atoms. The van der Waals surface area contributed by atoms with Crippen LogP contribution in [0.3, 0.4) is 0 Å². The lowest BCUT2D eigenvalue weighted by molar-refractivity contribution is -0.151. The number of aromatic nitrogens is 5. The molecule has 3 atom stereocenters. The first-order chi connectivity index (χ1) is 12.0. The minimum absolute atomic E-state index is 0.110. The van der Waals surface area contributed by atoms with Crippen molar-refractivity contribution in [3.63, 3.8) is 0 Å². The van der Waals surface area contributed by atoms with Gasteiger partial charge in [0.25, 0.3) is 0 Å². The Morgan fingerprint density at radius 2 is 2.16 bits per heavy atom. The number of fused-ring (bicyclic) bond motifs is 1. The van der Waals surface area contributed by atoms with Crippen molar-refractivity contribution < 1.29 is 9.59 Å². The van der Waals surface area contributed by atoms with E-state index < -0.39 is 6.04 Å². The SMILES string of the molecule is CC1(C)SC2C(NC(=O)Cc3ccncc3)C(=O)N2C1c1nn[nH]n1. The van der Waals surface area contributed by atoms with Crippen LogP contribution in [0.4, 0.5) is 0 Å². The van der Waals surface area contributed by atoms with Gasteiger partial charge >= 0.3 is 0 Å². The first-order valence-electron chi connectivity index (χ1n) is 7.89. The van der Waals surface area contributed by atoms with Crippen molar-refractivity contribution in [2.24, 2.45) is 0 Å². The normalized spacial score (nSPS) is 26.9. The number of H-pyrrole nitrogens is 1. The molecule has 3 unspecified atom stereocenters. The number of aromatic amines is 1. The second kappa shape index (κ2) is 5.80. The van der Waals surface area contributed by atoms with Crippen molar-refractivity contribution >= 4 is 23.6 Å². The highest BCUT2D eigenvalue weighted by atomic mass is 32.2. The van der Waals surface area contributed by atoms with Gasteiger partial charge in [-0.25, -0.2) is 0 Å². The van der Waals surface area contributed by atoms with Gasteiger partial charge in [-0.3, -0.25) is 14.6 Å². The zero-order chi connectivity index (χ0) is 17.6. The Bertz CT molecular complexity index is 795. The summed E-state index contributed by atoms with van der Waals surface area (Å²) in [6.07, 6.45) is 3.51. The first-order valence-corrected chi connectivity index (χ1v) is 8.77. The van der Waals surface area contributed by atoms with Crippen molar-refractivity contribution in [3.8, 4) is 0 Å². The van der Waals surface area contributed by atoms with E-state index >= 15 is 0 Å². The monoisotopic (exact) mass is 359 g/mol. The van der Waals surface area contributed by atoms with Gasteiger partial charge < -0.3 is 10.2 Å². The molecule has 2 aliphatic heterocycles. The second-order valence-electron chi connectivity index (χ2n) is 6.61. The van der Waals surface area contributed by atoms with Crippen LogP contribution >= 0.6 is 11.8 Å². The van der Waals surface area contributed by atoms with Crippen LogP contribution in [0.5, 0.6) is 0 Å². The molecule has 2 saturated heterocycles. The molecule has 2 amide bonds. The quantitative estimate of drug-likeness (QED) is 0.741. The van der Waals surface area contributed by atoms with Crippen molar-refractivity contribution in [3.05, 3.63) is 35.9 Å². The maximum atomic E-state index is 12.6. The Kier molecular flexibility index (Phi) is 3.71. The lowest BCUT2D eigenvalue weighted by Gasteiger charge is -2.44. The predicted molar refractivity (Wildman–Crippen MR) is 89.1 cm³/mol. The molecule has 25 heavy (non-hydrogen) atoms. The average molecular weight is 359 g/mol. The van der Waals surface area contributed by atoms with Crippen LogP contribution in [0, 0.1) is 0 Å². The number of amides is 2. The summed E-state index contributed by atoms with van der Waals surface area (Å²) in [5.41, 5.74) is 0.861. The maximum Gasteiger partial charge on any atom is 0.249 e. The molecule has 4 heterocycles. The minimum Gasteiger partial charge on any atom is -0.341 e. The number of rotatable bonds is 4. The molecule has 9 nitrogen and oxygen atoms in total. The fourth-order valence-corrected chi connectivity index (χ4v) is 4.99. The van der Waals surface area contributed by atoms with E-state index in [4.69, 9.17) is 0 Å². The zero-order valence-electron chi connectivity index (χ0n) is 13.7. The summed E-state index contributed by atoms with van der Waals surface area (Å²) in [6.45, 7) is 4.08. The van der Waals surface area contributed by atoms with Gasteiger partial charge in [0.15, 0.2) is 5.82 Å². The molecular formula is C15H17N7O2S. The molecule has 0 bridgehead atoms. The van der Waals surface area contributed by atoms with Crippen LogP contribution in [0.15, 0.2) is 24.5 Å². The summed E-state index contributed by atoms with van der Waals surface area (Å²) in [6, 6.07) is 2.79. The number of nitrogens with zero attached hydrogens (tertiary/aromatic N) is 5. The van der Waals surface area contributed by atoms with Crippen LogP contribution in [0.1, 0.15) is 31.3 Å². The lowest BCUT2D eigenvalue weighted by Crippen LogP contribution is -2.68. The van der Waals surface area contributed by atoms with Crippen molar-refractivity contribution in [1.82, 2.24) is 35.8 Å². The smallest absolute Gasteiger partial charge is 0.249 e. The summed E-state index contributed by atoms with van der Waals surface area (Å²) < 4.78 is -0.269. The third-order valence-corrected chi connectivity index (χ3v) is 6.05. The van der Waals surface area contributed by atoms with E-state index in [-0.39, 0.29) is 34.4 Å². The summed E-state index contributed by atoms with van der Waals surface area (Å²) in [4.78, 5) is 30.6. The molecule has 130 valence electrons. The highest BCUT2D eigenvalue weighted by Gasteiger charge is 2.63. The Hall–Kier alpha value is -2.49. The molecule has 2 aromatic rings. The highest BCUT2D eigenvalue weighted by Crippen LogP contribution is 2.56. The summed E-state index contributed by atoms with van der Waals surface area (Å²) in [5.74, 6) is 0.210. The van der Waals surface area contributed by atoms with Crippen molar-refractivity contribution in [2.45, 2.75) is 42.5 Å². The van der Waals surface area contributed by atoms with Gasteiger partial charge in [0.2, 0.25) is 11.8 Å². The predicted octanol–water partition coefficient (Wildman–Crippen LogP) is 0.0570. The van der Waals surface area contributed by atoms with E-state index in [0.717, 1.165) is 5.56 Å². The first kappa shape index (κ1) is 16.0. The van der Waals surface area contributed by atoms with Gasteiger partial charge in [0, 0.05) is 17.1 Å². The highest BCUT2D eigenvalue weighted by molar-refractivity contribution is 8.01.